The van der Waals surface area contributed by atoms with Crippen LogP contribution in [0, 0.1) is 10.8 Å². The second-order valence-electron chi connectivity index (χ2n) is 4.86. The Morgan fingerprint density at radius 3 is 2.50 bits per heavy atom. The van der Waals surface area contributed by atoms with Gasteiger partial charge >= 0.3 is 6.18 Å². The number of halogens is 3. The van der Waals surface area contributed by atoms with Crippen molar-refractivity contribution in [3.05, 3.63) is 18.0 Å². The van der Waals surface area contributed by atoms with Crippen molar-refractivity contribution in [1.29, 1.82) is 5.41 Å². The summed E-state index contributed by atoms with van der Waals surface area (Å²) in [6.45, 7) is 4.05. The van der Waals surface area contributed by atoms with Gasteiger partial charge in [-0.05, 0) is 18.9 Å². The summed E-state index contributed by atoms with van der Waals surface area (Å²) in [5, 5.41) is 10.8. The minimum absolute atomic E-state index is 0.0824. The molecule has 0 aliphatic heterocycles. The van der Waals surface area contributed by atoms with Gasteiger partial charge in [0.05, 0.1) is 5.84 Å². The van der Waals surface area contributed by atoms with E-state index in [0.717, 1.165) is 6.07 Å². The first-order chi connectivity index (χ1) is 8.13. The van der Waals surface area contributed by atoms with Crippen molar-refractivity contribution in [1.82, 2.24) is 9.78 Å². The molecule has 18 heavy (non-hydrogen) atoms. The highest BCUT2D eigenvalue weighted by Gasteiger charge is 2.33. The Morgan fingerprint density at radius 2 is 2.06 bits per heavy atom. The number of alkyl halides is 3. The third-order valence-electron chi connectivity index (χ3n) is 2.85. The van der Waals surface area contributed by atoms with Crippen molar-refractivity contribution < 1.29 is 13.2 Å². The Morgan fingerprint density at radius 1 is 1.44 bits per heavy atom. The van der Waals surface area contributed by atoms with E-state index in [0.29, 0.717) is 19.4 Å². The van der Waals surface area contributed by atoms with Crippen LogP contribution in [-0.2, 0) is 12.7 Å². The topological polar surface area (TPSA) is 67.7 Å². The molecule has 0 spiro atoms. The third-order valence-corrected chi connectivity index (χ3v) is 2.85. The van der Waals surface area contributed by atoms with Gasteiger partial charge in [-0.1, -0.05) is 13.8 Å². The molecule has 1 heterocycles. The summed E-state index contributed by atoms with van der Waals surface area (Å²) in [6.07, 6.45) is -1.84. The summed E-state index contributed by atoms with van der Waals surface area (Å²) >= 11 is 0. The van der Waals surface area contributed by atoms with Crippen LogP contribution in [0.4, 0.5) is 13.2 Å². The highest BCUT2D eigenvalue weighted by Crippen LogP contribution is 2.27. The minimum atomic E-state index is -4.40. The van der Waals surface area contributed by atoms with Crippen LogP contribution < -0.4 is 5.73 Å². The molecule has 3 N–H and O–H groups in total. The molecule has 1 aromatic heterocycles. The number of hydrogen-bond donors (Lipinski definition) is 2. The van der Waals surface area contributed by atoms with E-state index in [1.807, 2.05) is 13.8 Å². The zero-order valence-electron chi connectivity index (χ0n) is 10.4. The summed E-state index contributed by atoms with van der Waals surface area (Å²) in [5.74, 6) is 0.0824. The molecule has 1 rings (SSSR count). The number of rotatable bonds is 5. The molecule has 0 aliphatic carbocycles. The van der Waals surface area contributed by atoms with Crippen molar-refractivity contribution in [2.75, 3.05) is 0 Å². The van der Waals surface area contributed by atoms with Gasteiger partial charge in [0, 0.05) is 18.2 Å². The van der Waals surface area contributed by atoms with Crippen LogP contribution >= 0.6 is 0 Å². The maximum absolute atomic E-state index is 12.3. The standard InChI is InChI=1S/C11H17F3N4/c1-10(2,9(15)16)5-3-6-18-7-4-8(17-18)11(12,13)14/h4,7H,3,5-6H2,1-2H3,(H3,15,16). The molecule has 7 heteroatoms. The van der Waals surface area contributed by atoms with Crippen molar-refractivity contribution in [2.24, 2.45) is 11.1 Å². The maximum Gasteiger partial charge on any atom is 0.435 e. The molecule has 0 aliphatic rings. The van der Waals surface area contributed by atoms with Gasteiger partial charge in [0.25, 0.3) is 0 Å². The number of hydrogen-bond acceptors (Lipinski definition) is 2. The summed E-state index contributed by atoms with van der Waals surface area (Å²) in [5.41, 5.74) is 4.11. The average Bonchev–Trinajstić information content (AvgIpc) is 2.65. The smallest absolute Gasteiger partial charge is 0.387 e. The molecule has 102 valence electrons. The molecule has 0 radical (unpaired) electrons. The second-order valence-corrected chi connectivity index (χ2v) is 4.86. The zero-order chi connectivity index (χ0) is 14.0. The van der Waals surface area contributed by atoms with E-state index in [-0.39, 0.29) is 5.84 Å². The Balaban J connectivity index is 2.51. The fraction of sp³-hybridized carbons (Fsp3) is 0.636. The van der Waals surface area contributed by atoms with Gasteiger partial charge in [-0.3, -0.25) is 10.1 Å². The first-order valence-electron chi connectivity index (χ1n) is 5.58. The zero-order valence-corrected chi connectivity index (χ0v) is 10.4. The monoisotopic (exact) mass is 262 g/mol. The van der Waals surface area contributed by atoms with Gasteiger partial charge in [-0.2, -0.15) is 18.3 Å². The third kappa shape index (κ3) is 3.75. The minimum Gasteiger partial charge on any atom is -0.387 e. The predicted molar refractivity (Wildman–Crippen MR) is 62.2 cm³/mol. The molecule has 0 amide bonds. The number of amidine groups is 1. The molecule has 0 fully saturated rings. The molecule has 0 aromatic carbocycles. The average molecular weight is 262 g/mol. The molecular formula is C11H17F3N4. The van der Waals surface area contributed by atoms with Crippen LogP contribution in [0.15, 0.2) is 12.3 Å². The Labute approximate surface area is 103 Å². The van der Waals surface area contributed by atoms with E-state index in [4.69, 9.17) is 11.1 Å². The van der Waals surface area contributed by atoms with Crippen molar-refractivity contribution in [2.45, 2.75) is 39.4 Å². The molecule has 0 saturated carbocycles. The van der Waals surface area contributed by atoms with Crippen molar-refractivity contribution in [3.63, 3.8) is 0 Å². The van der Waals surface area contributed by atoms with E-state index in [1.165, 1.54) is 10.9 Å². The van der Waals surface area contributed by atoms with Gasteiger partial charge in [0.2, 0.25) is 0 Å². The largest absolute Gasteiger partial charge is 0.435 e. The molecular weight excluding hydrogens is 245 g/mol. The Kier molecular flexibility index (Phi) is 4.03. The van der Waals surface area contributed by atoms with Crippen LogP contribution in [-0.4, -0.2) is 15.6 Å². The lowest BCUT2D eigenvalue weighted by molar-refractivity contribution is -0.141. The summed E-state index contributed by atoms with van der Waals surface area (Å²) < 4.78 is 38.2. The summed E-state index contributed by atoms with van der Waals surface area (Å²) in [6, 6.07) is 0.954. The Hall–Kier alpha value is -1.53. The fourth-order valence-electron chi connectivity index (χ4n) is 1.46. The van der Waals surface area contributed by atoms with Crippen LogP contribution in [0.5, 0.6) is 0 Å². The van der Waals surface area contributed by atoms with E-state index < -0.39 is 17.3 Å². The van der Waals surface area contributed by atoms with E-state index in [1.54, 1.807) is 0 Å². The quantitative estimate of drug-likeness (QED) is 0.632. The molecule has 0 saturated heterocycles. The van der Waals surface area contributed by atoms with Gasteiger partial charge in [0.1, 0.15) is 0 Å². The normalized spacial score (nSPS) is 12.7. The lowest BCUT2D eigenvalue weighted by Crippen LogP contribution is -2.31. The van der Waals surface area contributed by atoms with E-state index in [2.05, 4.69) is 5.10 Å². The fourth-order valence-corrected chi connectivity index (χ4v) is 1.46. The Bertz CT molecular complexity index is 420. The number of nitrogens with one attached hydrogen (secondary N) is 1. The first kappa shape index (κ1) is 14.5. The van der Waals surface area contributed by atoms with Crippen LogP contribution in [0.25, 0.3) is 0 Å². The van der Waals surface area contributed by atoms with Gasteiger partial charge in [-0.25, -0.2) is 0 Å². The lowest BCUT2D eigenvalue weighted by Gasteiger charge is -2.22. The highest BCUT2D eigenvalue weighted by atomic mass is 19.4. The van der Waals surface area contributed by atoms with Gasteiger partial charge in [0.15, 0.2) is 5.69 Å². The maximum atomic E-state index is 12.3. The van der Waals surface area contributed by atoms with Crippen LogP contribution in [0.2, 0.25) is 0 Å². The van der Waals surface area contributed by atoms with Gasteiger partial charge < -0.3 is 5.73 Å². The molecule has 0 bridgehead atoms. The van der Waals surface area contributed by atoms with Crippen LogP contribution in [0.1, 0.15) is 32.4 Å². The van der Waals surface area contributed by atoms with Crippen molar-refractivity contribution in [3.8, 4) is 0 Å². The molecule has 4 nitrogen and oxygen atoms in total. The van der Waals surface area contributed by atoms with Gasteiger partial charge in [-0.15, -0.1) is 0 Å². The number of aryl methyl sites for hydroxylation is 1. The van der Waals surface area contributed by atoms with Crippen LogP contribution in [0.3, 0.4) is 0 Å². The first-order valence-corrected chi connectivity index (χ1v) is 5.58. The van der Waals surface area contributed by atoms with Crippen molar-refractivity contribution >= 4 is 5.84 Å². The summed E-state index contributed by atoms with van der Waals surface area (Å²) in [4.78, 5) is 0. The SMILES string of the molecule is CC(C)(CCCn1ccc(C(F)(F)F)n1)C(=N)N. The summed E-state index contributed by atoms with van der Waals surface area (Å²) in [7, 11) is 0. The number of nitrogens with two attached hydrogens (primary N) is 1. The molecule has 1 aromatic rings. The highest BCUT2D eigenvalue weighted by molar-refractivity contribution is 5.82. The second kappa shape index (κ2) is 4.99. The molecule has 0 atom stereocenters. The molecule has 0 unspecified atom stereocenters. The van der Waals surface area contributed by atoms with E-state index >= 15 is 0 Å². The number of nitrogens with zero attached hydrogens (tertiary/aromatic N) is 2. The lowest BCUT2D eigenvalue weighted by atomic mass is 9.87. The predicted octanol–water partition coefficient (Wildman–Crippen LogP) is 2.64. The van der Waals surface area contributed by atoms with E-state index in [9.17, 15) is 13.2 Å². The number of aromatic nitrogens is 2.